The van der Waals surface area contributed by atoms with Crippen molar-refractivity contribution in [3.05, 3.63) is 36.5 Å². The van der Waals surface area contributed by atoms with Crippen molar-refractivity contribution in [2.75, 3.05) is 13.2 Å². The van der Waals surface area contributed by atoms with Crippen molar-refractivity contribution in [1.82, 2.24) is 5.32 Å². The van der Waals surface area contributed by atoms with Crippen molar-refractivity contribution in [2.24, 2.45) is 0 Å². The fourth-order valence-electron chi connectivity index (χ4n) is 1.16. The monoisotopic (exact) mass is 225 g/mol. The molecule has 1 aromatic rings. The van der Waals surface area contributed by atoms with E-state index in [9.17, 15) is 4.79 Å². The van der Waals surface area contributed by atoms with Crippen LogP contribution in [0.25, 0.3) is 0 Å². The molecule has 0 amide bonds. The van der Waals surface area contributed by atoms with Gasteiger partial charge >= 0.3 is 5.97 Å². The Morgan fingerprint density at radius 3 is 3.12 bits per heavy atom. The summed E-state index contributed by atoms with van der Waals surface area (Å²) in [4.78, 5) is 10.6. The van der Waals surface area contributed by atoms with Crippen LogP contribution in [0.15, 0.2) is 29.6 Å². The Morgan fingerprint density at radius 1 is 1.69 bits per heavy atom. The van der Waals surface area contributed by atoms with Crippen LogP contribution in [0.3, 0.4) is 0 Å². The molecule has 0 aliphatic heterocycles. The maximum Gasteiger partial charge on any atom is 0.338 e. The van der Waals surface area contributed by atoms with Crippen LogP contribution >= 0.6 is 0 Å². The standard InChI is InChI=1S/C11H15NO4/c1-2-15-5-3-4-12-7-10-6-9(8-16-10)11(13)14/h2,6,8,12H,1,3-5,7H2,(H,13,14). The molecule has 0 saturated heterocycles. The second-order valence-electron chi connectivity index (χ2n) is 3.17. The Morgan fingerprint density at radius 2 is 2.50 bits per heavy atom. The molecule has 0 unspecified atom stereocenters. The third-order valence-electron chi connectivity index (χ3n) is 1.93. The minimum atomic E-state index is -0.977. The summed E-state index contributed by atoms with van der Waals surface area (Å²) in [7, 11) is 0. The lowest BCUT2D eigenvalue weighted by atomic mass is 10.3. The van der Waals surface area contributed by atoms with Gasteiger partial charge in [-0.15, -0.1) is 0 Å². The zero-order valence-electron chi connectivity index (χ0n) is 8.94. The second-order valence-corrected chi connectivity index (χ2v) is 3.17. The molecule has 5 nitrogen and oxygen atoms in total. The van der Waals surface area contributed by atoms with Gasteiger partial charge in [-0.1, -0.05) is 6.58 Å². The number of rotatable bonds is 8. The molecule has 0 fully saturated rings. The van der Waals surface area contributed by atoms with Crippen LogP contribution in [-0.2, 0) is 11.3 Å². The first-order valence-electron chi connectivity index (χ1n) is 4.98. The third-order valence-corrected chi connectivity index (χ3v) is 1.93. The molecule has 0 aromatic carbocycles. The van der Waals surface area contributed by atoms with E-state index < -0.39 is 5.97 Å². The third kappa shape index (κ3) is 4.18. The number of carboxylic acids is 1. The first kappa shape index (κ1) is 12.3. The van der Waals surface area contributed by atoms with Gasteiger partial charge < -0.3 is 19.6 Å². The quantitative estimate of drug-likeness (QED) is 0.519. The van der Waals surface area contributed by atoms with Gasteiger partial charge in [0.15, 0.2) is 0 Å². The SMILES string of the molecule is C=COCCCNCc1cc(C(=O)O)co1. The van der Waals surface area contributed by atoms with Crippen molar-refractivity contribution in [3.8, 4) is 0 Å². The number of aromatic carboxylic acids is 1. The van der Waals surface area contributed by atoms with Gasteiger partial charge in [-0.05, 0) is 19.0 Å². The average Bonchev–Trinajstić information content (AvgIpc) is 2.72. The van der Waals surface area contributed by atoms with E-state index in [-0.39, 0.29) is 5.56 Å². The number of carboxylic acid groups (broad SMARTS) is 1. The molecule has 5 heteroatoms. The normalized spacial score (nSPS) is 10.0. The average molecular weight is 225 g/mol. The van der Waals surface area contributed by atoms with Crippen LogP contribution in [0.2, 0.25) is 0 Å². The molecule has 1 heterocycles. The number of carbonyl (C=O) groups is 1. The van der Waals surface area contributed by atoms with E-state index in [2.05, 4.69) is 11.9 Å². The van der Waals surface area contributed by atoms with Crippen LogP contribution in [0, 0.1) is 0 Å². The van der Waals surface area contributed by atoms with Gasteiger partial charge in [-0.2, -0.15) is 0 Å². The van der Waals surface area contributed by atoms with E-state index >= 15 is 0 Å². The van der Waals surface area contributed by atoms with E-state index in [0.29, 0.717) is 18.9 Å². The highest BCUT2D eigenvalue weighted by Gasteiger charge is 2.07. The van der Waals surface area contributed by atoms with Gasteiger partial charge in [0.05, 0.1) is 25.0 Å². The van der Waals surface area contributed by atoms with Crippen molar-refractivity contribution < 1.29 is 19.1 Å². The topological polar surface area (TPSA) is 71.7 Å². The van der Waals surface area contributed by atoms with Gasteiger partial charge in [0.2, 0.25) is 0 Å². The predicted octanol–water partition coefficient (Wildman–Crippen LogP) is 1.62. The first-order chi connectivity index (χ1) is 7.74. The summed E-state index contributed by atoms with van der Waals surface area (Å²) in [6.07, 6.45) is 3.50. The summed E-state index contributed by atoms with van der Waals surface area (Å²) in [5.74, 6) is -0.364. The van der Waals surface area contributed by atoms with E-state index in [1.54, 1.807) is 0 Å². The van der Waals surface area contributed by atoms with Gasteiger partial charge in [0.25, 0.3) is 0 Å². The molecular formula is C11H15NO4. The van der Waals surface area contributed by atoms with E-state index in [0.717, 1.165) is 13.0 Å². The first-order valence-corrected chi connectivity index (χ1v) is 4.98. The maximum absolute atomic E-state index is 10.6. The smallest absolute Gasteiger partial charge is 0.338 e. The Hall–Kier alpha value is -1.75. The summed E-state index contributed by atoms with van der Waals surface area (Å²) in [5.41, 5.74) is 0.173. The zero-order chi connectivity index (χ0) is 11.8. The number of furan rings is 1. The molecule has 1 rings (SSSR count). The number of hydrogen-bond acceptors (Lipinski definition) is 4. The minimum absolute atomic E-state index is 0.173. The molecular weight excluding hydrogens is 210 g/mol. The second kappa shape index (κ2) is 6.68. The van der Waals surface area contributed by atoms with Gasteiger partial charge in [0, 0.05) is 0 Å². The van der Waals surface area contributed by atoms with Gasteiger partial charge in [-0.25, -0.2) is 4.79 Å². The largest absolute Gasteiger partial charge is 0.502 e. The summed E-state index contributed by atoms with van der Waals surface area (Å²) < 4.78 is 10.0. The molecule has 1 aromatic heterocycles. The molecule has 0 spiro atoms. The van der Waals surface area contributed by atoms with Crippen molar-refractivity contribution in [3.63, 3.8) is 0 Å². The van der Waals surface area contributed by atoms with E-state index in [4.69, 9.17) is 14.3 Å². The Labute approximate surface area is 93.7 Å². The van der Waals surface area contributed by atoms with E-state index in [1.165, 1.54) is 18.6 Å². The molecule has 2 N–H and O–H groups in total. The highest BCUT2D eigenvalue weighted by molar-refractivity contribution is 5.87. The lowest BCUT2D eigenvalue weighted by Crippen LogP contribution is -2.15. The van der Waals surface area contributed by atoms with Crippen LogP contribution in [0.4, 0.5) is 0 Å². The Balaban J connectivity index is 2.16. The van der Waals surface area contributed by atoms with Crippen molar-refractivity contribution >= 4 is 5.97 Å². The predicted molar refractivity (Wildman–Crippen MR) is 58.1 cm³/mol. The van der Waals surface area contributed by atoms with Crippen LogP contribution in [0.5, 0.6) is 0 Å². The van der Waals surface area contributed by atoms with Crippen LogP contribution < -0.4 is 5.32 Å². The molecule has 16 heavy (non-hydrogen) atoms. The molecule has 0 saturated carbocycles. The molecule has 88 valence electrons. The van der Waals surface area contributed by atoms with E-state index in [1.807, 2.05) is 0 Å². The highest BCUT2D eigenvalue weighted by Crippen LogP contribution is 2.07. The Kier molecular flexibility index (Phi) is 5.15. The number of ether oxygens (including phenoxy) is 1. The summed E-state index contributed by atoms with van der Waals surface area (Å²) in [5, 5.41) is 11.8. The molecule has 0 aliphatic rings. The summed E-state index contributed by atoms with van der Waals surface area (Å²) >= 11 is 0. The molecule has 0 atom stereocenters. The zero-order valence-corrected chi connectivity index (χ0v) is 8.94. The fraction of sp³-hybridized carbons (Fsp3) is 0.364. The van der Waals surface area contributed by atoms with Crippen molar-refractivity contribution in [1.29, 1.82) is 0 Å². The van der Waals surface area contributed by atoms with Crippen molar-refractivity contribution in [2.45, 2.75) is 13.0 Å². The molecule has 0 aliphatic carbocycles. The number of hydrogen-bond donors (Lipinski definition) is 2. The van der Waals surface area contributed by atoms with Crippen LogP contribution in [-0.4, -0.2) is 24.2 Å². The highest BCUT2D eigenvalue weighted by atomic mass is 16.5. The van der Waals surface area contributed by atoms with Gasteiger partial charge in [0.1, 0.15) is 12.0 Å². The lowest BCUT2D eigenvalue weighted by molar-refractivity contribution is 0.0696. The van der Waals surface area contributed by atoms with Gasteiger partial charge in [-0.3, -0.25) is 0 Å². The summed E-state index contributed by atoms with van der Waals surface area (Å²) in [6, 6.07) is 1.51. The summed E-state index contributed by atoms with van der Waals surface area (Å²) in [6.45, 7) is 5.34. The van der Waals surface area contributed by atoms with Crippen LogP contribution in [0.1, 0.15) is 22.5 Å². The number of nitrogens with one attached hydrogen (secondary N) is 1. The Bertz CT molecular complexity index is 346. The molecule has 0 bridgehead atoms. The minimum Gasteiger partial charge on any atom is -0.502 e. The molecule has 0 radical (unpaired) electrons. The lowest BCUT2D eigenvalue weighted by Gasteiger charge is -2.02. The maximum atomic E-state index is 10.6. The fourth-order valence-corrected chi connectivity index (χ4v) is 1.16.